The first-order valence-corrected chi connectivity index (χ1v) is 5.67. The quantitative estimate of drug-likeness (QED) is 0.469. The number of aliphatic imine (C=N–C) groups is 1. The maximum Gasteiger partial charge on any atom is 0.207 e. The van der Waals surface area contributed by atoms with Gasteiger partial charge in [0, 0.05) is 12.7 Å². The van der Waals surface area contributed by atoms with Crippen molar-refractivity contribution in [1.29, 1.82) is 5.26 Å². The van der Waals surface area contributed by atoms with Crippen molar-refractivity contribution >= 4 is 12.0 Å². The number of nitrogens with one attached hydrogen (secondary N) is 1. The van der Waals surface area contributed by atoms with Gasteiger partial charge in [0.2, 0.25) is 6.19 Å². The minimum Gasteiger partial charge on any atom is -0.389 e. The smallest absolute Gasteiger partial charge is 0.207 e. The molecule has 0 amide bonds. The van der Waals surface area contributed by atoms with Crippen LogP contribution in [0.2, 0.25) is 0 Å². The van der Waals surface area contributed by atoms with Crippen LogP contribution in [0.3, 0.4) is 0 Å². The summed E-state index contributed by atoms with van der Waals surface area (Å²) in [5, 5.41) is 10.6. The van der Waals surface area contributed by atoms with Gasteiger partial charge in [-0.1, -0.05) is 32.9 Å². The summed E-state index contributed by atoms with van der Waals surface area (Å²) in [6, 6.07) is 8.45. The van der Waals surface area contributed by atoms with E-state index in [1.165, 1.54) is 17.4 Å². The first kappa shape index (κ1) is 17.4. The van der Waals surface area contributed by atoms with Gasteiger partial charge in [0.25, 0.3) is 0 Å². The van der Waals surface area contributed by atoms with Gasteiger partial charge in [-0.2, -0.15) is 10.3 Å². The fourth-order valence-electron chi connectivity index (χ4n) is 0.980. The SMILES string of the molecule is CC.CCc1cccc(NC)c1.N#CN=CN. The number of hydrogen-bond donors (Lipinski definition) is 2. The van der Waals surface area contributed by atoms with Crippen LogP contribution in [0.4, 0.5) is 5.69 Å². The summed E-state index contributed by atoms with van der Waals surface area (Å²) in [5.74, 6) is 0. The van der Waals surface area contributed by atoms with Crippen LogP contribution < -0.4 is 11.1 Å². The molecule has 0 unspecified atom stereocenters. The zero-order chi connectivity index (χ0) is 13.5. The monoisotopic (exact) mass is 234 g/mol. The fraction of sp³-hybridized carbons (Fsp3) is 0.385. The van der Waals surface area contributed by atoms with E-state index in [-0.39, 0.29) is 0 Å². The predicted octanol–water partition coefficient (Wildman–Crippen LogP) is 2.77. The number of benzene rings is 1. The van der Waals surface area contributed by atoms with Crippen molar-refractivity contribution in [3.05, 3.63) is 29.8 Å². The second-order valence-corrected chi connectivity index (χ2v) is 2.68. The zero-order valence-electron chi connectivity index (χ0n) is 11.1. The molecule has 94 valence electrons. The highest BCUT2D eigenvalue weighted by molar-refractivity contribution is 5.52. The molecular formula is C13H22N4. The van der Waals surface area contributed by atoms with E-state index in [0.29, 0.717) is 0 Å². The van der Waals surface area contributed by atoms with Crippen LogP contribution in [0.25, 0.3) is 0 Å². The van der Waals surface area contributed by atoms with Crippen molar-refractivity contribution < 1.29 is 0 Å². The molecule has 0 saturated carbocycles. The van der Waals surface area contributed by atoms with Gasteiger partial charge in [-0.15, -0.1) is 0 Å². The summed E-state index contributed by atoms with van der Waals surface area (Å²) >= 11 is 0. The molecule has 3 N–H and O–H groups in total. The highest BCUT2D eigenvalue weighted by Crippen LogP contribution is 2.09. The second-order valence-electron chi connectivity index (χ2n) is 2.68. The number of anilines is 1. The highest BCUT2D eigenvalue weighted by atomic mass is 14.8. The van der Waals surface area contributed by atoms with E-state index in [4.69, 9.17) is 5.26 Å². The Bertz CT molecular complexity index is 320. The molecule has 4 nitrogen and oxygen atoms in total. The largest absolute Gasteiger partial charge is 0.389 e. The molecule has 0 fully saturated rings. The Balaban J connectivity index is 0. The third kappa shape index (κ3) is 10.3. The Morgan fingerprint density at radius 2 is 2.12 bits per heavy atom. The lowest BCUT2D eigenvalue weighted by Gasteiger charge is -2.00. The van der Waals surface area contributed by atoms with Crippen LogP contribution >= 0.6 is 0 Å². The number of rotatable bonds is 2. The summed E-state index contributed by atoms with van der Waals surface area (Å²) in [6.45, 7) is 6.16. The van der Waals surface area contributed by atoms with E-state index in [9.17, 15) is 0 Å². The standard InChI is InChI=1S/C9H13N.C2H3N3.C2H6/c1-3-8-5-4-6-9(7-8)10-2;3-1-5-2-4;1-2/h4-7,10H,3H2,1-2H3;1H,(H2,3,5);1-2H3. The molecule has 1 rings (SSSR count). The molecular weight excluding hydrogens is 212 g/mol. The summed E-state index contributed by atoms with van der Waals surface area (Å²) in [7, 11) is 1.94. The molecule has 4 heteroatoms. The lowest BCUT2D eigenvalue weighted by molar-refractivity contribution is 1.14. The minimum atomic E-state index is 0.944. The van der Waals surface area contributed by atoms with Crippen LogP contribution in [-0.2, 0) is 6.42 Å². The van der Waals surface area contributed by atoms with Gasteiger partial charge < -0.3 is 11.1 Å². The van der Waals surface area contributed by atoms with Crippen molar-refractivity contribution in [1.82, 2.24) is 0 Å². The van der Waals surface area contributed by atoms with E-state index >= 15 is 0 Å². The topological polar surface area (TPSA) is 74.2 Å². The van der Waals surface area contributed by atoms with E-state index in [0.717, 1.165) is 12.8 Å². The van der Waals surface area contributed by atoms with Crippen molar-refractivity contribution in [3.63, 3.8) is 0 Å². The van der Waals surface area contributed by atoms with E-state index < -0.39 is 0 Å². The molecule has 1 aromatic rings. The third-order valence-electron chi connectivity index (χ3n) is 1.76. The average molecular weight is 234 g/mol. The van der Waals surface area contributed by atoms with Crippen LogP contribution in [0.1, 0.15) is 26.3 Å². The minimum absolute atomic E-state index is 0.944. The first-order valence-electron chi connectivity index (χ1n) is 5.67. The van der Waals surface area contributed by atoms with Gasteiger partial charge in [-0.3, -0.25) is 0 Å². The molecule has 0 spiro atoms. The summed E-state index contributed by atoms with van der Waals surface area (Å²) < 4.78 is 0. The second kappa shape index (κ2) is 14.0. The van der Waals surface area contributed by atoms with Gasteiger partial charge in [-0.05, 0) is 24.1 Å². The van der Waals surface area contributed by atoms with Crippen molar-refractivity contribution in [3.8, 4) is 6.19 Å². The maximum absolute atomic E-state index is 7.54. The molecule has 0 saturated heterocycles. The first-order chi connectivity index (χ1) is 8.28. The molecule has 0 aromatic heterocycles. The average Bonchev–Trinajstić information content (AvgIpc) is 2.42. The van der Waals surface area contributed by atoms with Gasteiger partial charge in [0.15, 0.2) is 0 Å². The lowest BCUT2D eigenvalue weighted by Crippen LogP contribution is -1.88. The Kier molecular flexibility index (Phi) is 14.3. The van der Waals surface area contributed by atoms with Crippen LogP contribution in [0.15, 0.2) is 29.3 Å². The molecule has 0 heterocycles. The molecule has 17 heavy (non-hydrogen) atoms. The number of nitrogens with two attached hydrogens (primary N) is 1. The number of nitriles is 1. The molecule has 0 aliphatic heterocycles. The van der Waals surface area contributed by atoms with Gasteiger partial charge >= 0.3 is 0 Å². The molecule has 0 bridgehead atoms. The highest BCUT2D eigenvalue weighted by Gasteiger charge is 1.88. The Morgan fingerprint density at radius 3 is 2.47 bits per heavy atom. The van der Waals surface area contributed by atoms with Gasteiger partial charge in [0.05, 0.1) is 6.34 Å². The number of nitrogens with zero attached hydrogens (tertiary/aromatic N) is 2. The lowest BCUT2D eigenvalue weighted by atomic mass is 10.1. The van der Waals surface area contributed by atoms with E-state index in [2.05, 4.69) is 47.2 Å². The van der Waals surface area contributed by atoms with Gasteiger partial charge in [-0.25, -0.2) is 0 Å². The Morgan fingerprint density at radius 1 is 1.47 bits per heavy atom. The molecule has 0 atom stereocenters. The molecule has 1 aromatic carbocycles. The summed E-state index contributed by atoms with van der Waals surface area (Å²) in [5.41, 5.74) is 7.20. The van der Waals surface area contributed by atoms with Crippen LogP contribution in [0, 0.1) is 11.5 Å². The number of hydrogen-bond acceptors (Lipinski definition) is 3. The summed E-state index contributed by atoms with van der Waals surface area (Å²) in [6.07, 6.45) is 3.51. The van der Waals surface area contributed by atoms with E-state index in [1.807, 2.05) is 20.9 Å². The van der Waals surface area contributed by atoms with Crippen LogP contribution in [-0.4, -0.2) is 13.4 Å². The van der Waals surface area contributed by atoms with Gasteiger partial charge in [0.1, 0.15) is 0 Å². The normalized spacial score (nSPS) is 8.18. The predicted molar refractivity (Wildman–Crippen MR) is 75.0 cm³/mol. The Hall–Kier alpha value is -2.02. The molecule has 0 radical (unpaired) electrons. The van der Waals surface area contributed by atoms with Crippen molar-refractivity contribution in [2.75, 3.05) is 12.4 Å². The molecule has 0 aliphatic rings. The number of aryl methyl sites for hydroxylation is 1. The fourth-order valence-corrected chi connectivity index (χ4v) is 0.980. The van der Waals surface area contributed by atoms with Crippen molar-refractivity contribution in [2.24, 2.45) is 10.7 Å². The zero-order valence-corrected chi connectivity index (χ0v) is 11.1. The maximum atomic E-state index is 7.54. The third-order valence-corrected chi connectivity index (χ3v) is 1.76. The summed E-state index contributed by atoms with van der Waals surface area (Å²) in [4.78, 5) is 2.93. The van der Waals surface area contributed by atoms with Crippen LogP contribution in [0.5, 0.6) is 0 Å². The Labute approximate surface area is 104 Å². The van der Waals surface area contributed by atoms with E-state index in [1.54, 1.807) is 0 Å². The van der Waals surface area contributed by atoms with Crippen molar-refractivity contribution in [2.45, 2.75) is 27.2 Å². The molecule has 0 aliphatic carbocycles.